The summed E-state index contributed by atoms with van der Waals surface area (Å²) in [5, 5.41) is 9.18. The lowest BCUT2D eigenvalue weighted by Gasteiger charge is -2.49. The molecule has 3 saturated heterocycles. The van der Waals surface area contributed by atoms with E-state index in [4.69, 9.17) is 26.1 Å². The monoisotopic (exact) mass is 908 g/mol. The zero-order valence-electron chi connectivity index (χ0n) is 36.8. The van der Waals surface area contributed by atoms with Crippen LogP contribution in [0.1, 0.15) is 86.1 Å². The first-order valence-electron chi connectivity index (χ1n) is 22.3. The quantitative estimate of drug-likeness (QED) is 0.172. The molecule has 3 N–H and O–H groups in total. The minimum Gasteiger partial charge on any atom is -0.478 e. The number of aromatic nitrogens is 3. The van der Waals surface area contributed by atoms with Crippen LogP contribution in [0.15, 0.2) is 53.5 Å². The number of imide groups is 2. The highest BCUT2D eigenvalue weighted by Gasteiger charge is 2.45. The summed E-state index contributed by atoms with van der Waals surface area (Å²) in [6.07, 6.45) is 5.79. The van der Waals surface area contributed by atoms with E-state index < -0.39 is 29.7 Å². The van der Waals surface area contributed by atoms with Gasteiger partial charge in [-0.2, -0.15) is 4.98 Å². The molecular weight excluding hydrogens is 856 g/mol. The number of nitrogens with zero attached hydrogens (tertiary/aromatic N) is 7. The molecule has 1 saturated carbocycles. The van der Waals surface area contributed by atoms with Gasteiger partial charge in [-0.1, -0.05) is 11.6 Å². The first kappa shape index (κ1) is 44.1. The third-order valence-electron chi connectivity index (χ3n) is 13.3. The molecule has 2 aromatic heterocycles. The predicted molar refractivity (Wildman–Crippen MR) is 243 cm³/mol. The molecule has 4 aromatic rings. The molecule has 65 heavy (non-hydrogen) atoms. The summed E-state index contributed by atoms with van der Waals surface area (Å²) in [6, 6.07) is 12.1. The number of anilines is 4. The van der Waals surface area contributed by atoms with Gasteiger partial charge in [0, 0.05) is 81.1 Å². The highest BCUT2D eigenvalue weighted by atomic mass is 35.5. The lowest BCUT2D eigenvalue weighted by atomic mass is 9.86. The van der Waals surface area contributed by atoms with E-state index in [-0.39, 0.29) is 66.5 Å². The Balaban J connectivity index is 0.755. The maximum absolute atomic E-state index is 13.4. The van der Waals surface area contributed by atoms with E-state index in [9.17, 15) is 28.8 Å². The minimum absolute atomic E-state index is 0.0812. The highest BCUT2D eigenvalue weighted by Crippen LogP contribution is 2.36. The van der Waals surface area contributed by atoms with Gasteiger partial charge < -0.3 is 34.5 Å². The Bertz CT molecular complexity index is 2630. The number of amides is 5. The van der Waals surface area contributed by atoms with Crippen LogP contribution in [0.3, 0.4) is 0 Å². The second-order valence-corrected chi connectivity index (χ2v) is 18.2. The van der Waals surface area contributed by atoms with Crippen LogP contribution in [0.2, 0.25) is 5.02 Å². The Morgan fingerprint density at radius 1 is 0.938 bits per heavy atom. The molecule has 6 heterocycles. The second-order valence-electron chi connectivity index (χ2n) is 17.8. The average Bonchev–Trinajstić information content (AvgIpc) is 3.52. The zero-order chi connectivity index (χ0) is 45.7. The van der Waals surface area contributed by atoms with E-state index in [1.54, 1.807) is 29.0 Å². The Kier molecular flexibility index (Phi) is 12.2. The molecule has 5 aliphatic rings. The molecular formula is C46H53ClN10O8. The summed E-state index contributed by atoms with van der Waals surface area (Å²) < 4.78 is 13.9. The normalized spacial score (nSPS) is 22.9. The number of piperazine rings is 1. The minimum atomic E-state index is -0.989. The van der Waals surface area contributed by atoms with Crippen LogP contribution >= 0.6 is 11.6 Å². The van der Waals surface area contributed by atoms with Crippen molar-refractivity contribution in [1.29, 1.82) is 0 Å². The molecule has 1 unspecified atom stereocenters. The lowest BCUT2D eigenvalue weighted by Crippen LogP contribution is -2.59. The van der Waals surface area contributed by atoms with Gasteiger partial charge in [-0.25, -0.2) is 4.98 Å². The number of ether oxygens (including phenoxy) is 2. The number of benzene rings is 2. The smallest absolute Gasteiger partial charge is 0.293 e. The Hall–Kier alpha value is -6.11. The van der Waals surface area contributed by atoms with E-state index >= 15 is 0 Å². The largest absolute Gasteiger partial charge is 0.478 e. The van der Waals surface area contributed by atoms with Gasteiger partial charge in [0.1, 0.15) is 11.1 Å². The summed E-state index contributed by atoms with van der Waals surface area (Å²) in [5.41, 5.74) is 2.56. The molecule has 9 rings (SSSR count). The molecule has 0 radical (unpaired) electrons. The van der Waals surface area contributed by atoms with Crippen LogP contribution in [0.5, 0.6) is 5.75 Å². The Morgan fingerprint density at radius 3 is 2.43 bits per heavy atom. The van der Waals surface area contributed by atoms with Crippen LogP contribution < -0.4 is 36.0 Å². The summed E-state index contributed by atoms with van der Waals surface area (Å²) in [5.74, 6) is -1.24. The highest BCUT2D eigenvalue weighted by molar-refractivity contribution is 6.33. The number of pyridine rings is 1. The number of hydrogen-bond acceptors (Lipinski definition) is 14. The summed E-state index contributed by atoms with van der Waals surface area (Å²) in [6.45, 7) is 9.70. The number of carbonyl (C=O) groups excluding carboxylic acids is 5. The number of piperidine rings is 2. The van der Waals surface area contributed by atoms with Crippen LogP contribution in [0.4, 0.5) is 23.1 Å². The third-order valence-corrected chi connectivity index (χ3v) is 13.5. The van der Waals surface area contributed by atoms with Gasteiger partial charge in [0.2, 0.25) is 17.8 Å². The fourth-order valence-corrected chi connectivity index (χ4v) is 9.85. The maximum atomic E-state index is 13.4. The zero-order valence-corrected chi connectivity index (χ0v) is 37.6. The van der Waals surface area contributed by atoms with Crippen LogP contribution in [-0.4, -0.2) is 131 Å². The van der Waals surface area contributed by atoms with Gasteiger partial charge in [0.25, 0.3) is 23.3 Å². The molecule has 19 heteroatoms. The van der Waals surface area contributed by atoms with Gasteiger partial charge in [-0.3, -0.25) is 43.9 Å². The number of rotatable bonds is 12. The number of halogens is 1. The summed E-state index contributed by atoms with van der Waals surface area (Å²) >= 11 is 6.60. The van der Waals surface area contributed by atoms with Gasteiger partial charge in [0.05, 0.1) is 35.0 Å². The van der Waals surface area contributed by atoms with Crippen molar-refractivity contribution in [2.75, 3.05) is 61.5 Å². The first-order valence-corrected chi connectivity index (χ1v) is 22.7. The maximum Gasteiger partial charge on any atom is 0.293 e. The van der Waals surface area contributed by atoms with Crippen LogP contribution in [-0.2, 0) is 19.1 Å². The van der Waals surface area contributed by atoms with E-state index in [0.29, 0.717) is 34.1 Å². The molecule has 5 amide bonds. The van der Waals surface area contributed by atoms with Crippen molar-refractivity contribution in [2.45, 2.75) is 95.7 Å². The van der Waals surface area contributed by atoms with Crippen molar-refractivity contribution in [2.24, 2.45) is 0 Å². The first-order chi connectivity index (χ1) is 31.3. The van der Waals surface area contributed by atoms with Crippen molar-refractivity contribution >= 4 is 75.2 Å². The number of likely N-dealkylation sites (N-methyl/N-ethyl adjacent to an activating group) is 1. The molecule has 2 atom stereocenters. The molecule has 4 fully saturated rings. The van der Waals surface area contributed by atoms with Gasteiger partial charge in [-0.05, 0) is 95.3 Å². The lowest BCUT2D eigenvalue weighted by molar-refractivity contribution is -0.136. The molecule has 0 spiro atoms. The Morgan fingerprint density at radius 2 is 1.71 bits per heavy atom. The predicted octanol–water partition coefficient (Wildman–Crippen LogP) is 4.02. The second kappa shape index (κ2) is 18.0. The standard InChI is InChI=1S/C46H53ClN10O8/c1-25(2)56-36-8-5-28(17-27(36)18-38(45(56)63)64-24-40(59)48-4)50-41-35(47)22-49-46(52-41)53-13-11-31(12-14-53)65-32-19-30(20-32)54-15-16-55(26(3)23-54)29-6-7-33-34(21-29)44(62)57(43(33)61)37-9-10-39(58)51-42(37)60/h5-8,17-18,21-22,25-26,30-32,37H,9-16,19-20,23-24H2,1-4H3,(H,48,59)(H,49,50,52)(H,51,58,60)/t26-,30?,32?,37?/m1/s1. The summed E-state index contributed by atoms with van der Waals surface area (Å²) in [7, 11) is 1.51. The number of nitrogens with one attached hydrogen (secondary N) is 3. The van der Waals surface area contributed by atoms with Crippen molar-refractivity contribution in [3.63, 3.8) is 0 Å². The molecule has 2 aromatic carbocycles. The van der Waals surface area contributed by atoms with E-state index in [0.717, 1.165) is 79.9 Å². The fourth-order valence-electron chi connectivity index (χ4n) is 9.71. The third kappa shape index (κ3) is 8.73. The van der Waals surface area contributed by atoms with Gasteiger partial charge >= 0.3 is 0 Å². The molecule has 18 nitrogen and oxygen atoms in total. The topological polar surface area (TPSA) is 201 Å². The number of carbonyl (C=O) groups is 5. The van der Waals surface area contributed by atoms with Crippen molar-refractivity contribution in [3.05, 3.63) is 75.2 Å². The number of fused-ring (bicyclic) bond motifs is 2. The van der Waals surface area contributed by atoms with Gasteiger partial charge in [0.15, 0.2) is 18.2 Å². The van der Waals surface area contributed by atoms with Crippen molar-refractivity contribution in [3.8, 4) is 5.75 Å². The van der Waals surface area contributed by atoms with Crippen LogP contribution in [0, 0.1) is 0 Å². The molecule has 0 bridgehead atoms. The van der Waals surface area contributed by atoms with E-state index in [1.165, 1.54) is 7.05 Å². The number of hydrogen-bond donors (Lipinski definition) is 3. The SMILES string of the molecule is CNC(=O)COc1cc2cc(Nc3nc(N4CCC(OC5CC(N6CCN(c7ccc8c(c7)C(=O)N(C7CCC(=O)NC7=O)C8=O)[C@H](C)C6)C5)CC4)ncc3Cl)ccc2n(C(C)C)c1=O. The van der Waals surface area contributed by atoms with E-state index in [1.807, 2.05) is 38.1 Å². The van der Waals surface area contributed by atoms with Crippen molar-refractivity contribution < 1.29 is 33.4 Å². The van der Waals surface area contributed by atoms with Crippen molar-refractivity contribution in [1.82, 2.24) is 35.0 Å². The average molecular weight is 909 g/mol. The fraction of sp³-hybridized carbons (Fsp3) is 0.478. The molecule has 1 aliphatic carbocycles. The van der Waals surface area contributed by atoms with Crippen LogP contribution in [0.25, 0.3) is 10.9 Å². The molecule has 4 aliphatic heterocycles. The van der Waals surface area contributed by atoms with Gasteiger partial charge in [-0.15, -0.1) is 0 Å². The Labute approximate surface area is 380 Å². The molecule has 342 valence electrons. The summed E-state index contributed by atoms with van der Waals surface area (Å²) in [4.78, 5) is 93.2. The van der Waals surface area contributed by atoms with E-state index in [2.05, 4.69) is 42.6 Å².